The van der Waals surface area contributed by atoms with Gasteiger partial charge in [0.2, 0.25) is 0 Å². The summed E-state index contributed by atoms with van der Waals surface area (Å²) in [6, 6.07) is 8.42. The molecule has 0 saturated carbocycles. The van der Waals surface area contributed by atoms with Crippen LogP contribution >= 0.6 is 0 Å². The maximum atomic E-state index is 14.3. The van der Waals surface area contributed by atoms with Gasteiger partial charge in [0, 0.05) is 12.5 Å². The van der Waals surface area contributed by atoms with Crippen molar-refractivity contribution in [3.63, 3.8) is 0 Å². The van der Waals surface area contributed by atoms with Crippen molar-refractivity contribution in [2.24, 2.45) is 5.92 Å². The van der Waals surface area contributed by atoms with Crippen LogP contribution in [0.1, 0.15) is 24.5 Å². The molecule has 0 radical (unpaired) electrons. The topological polar surface area (TPSA) is 12.0 Å². The molecule has 2 rings (SSSR count). The smallest absolute Gasteiger partial charge is 0.113 e. The second kappa shape index (κ2) is 4.54. The summed E-state index contributed by atoms with van der Waals surface area (Å²) in [6.07, 6.45) is 1.46. The first-order valence-electron chi connectivity index (χ1n) is 6.03. The van der Waals surface area contributed by atoms with Crippen molar-refractivity contribution in [1.29, 1.82) is 0 Å². The van der Waals surface area contributed by atoms with E-state index in [0.29, 0.717) is 6.42 Å². The second-order valence-electron chi connectivity index (χ2n) is 5.12. The van der Waals surface area contributed by atoms with E-state index in [4.69, 9.17) is 0 Å². The second-order valence-corrected chi connectivity index (χ2v) is 5.12. The van der Waals surface area contributed by atoms with Crippen molar-refractivity contribution in [1.82, 2.24) is 5.32 Å². The summed E-state index contributed by atoms with van der Waals surface area (Å²) in [6.45, 7) is 5.41. The number of benzene rings is 1. The molecule has 1 aromatic rings. The molecule has 1 aliphatic heterocycles. The van der Waals surface area contributed by atoms with Gasteiger partial charge in [0.05, 0.1) is 0 Å². The number of halogens is 1. The van der Waals surface area contributed by atoms with Crippen LogP contribution in [-0.2, 0) is 6.42 Å². The molecule has 0 bridgehead atoms. The Labute approximate surface area is 97.1 Å². The van der Waals surface area contributed by atoms with Crippen LogP contribution in [0.15, 0.2) is 24.3 Å². The minimum absolute atomic E-state index is 0.101. The zero-order valence-corrected chi connectivity index (χ0v) is 10.1. The Hall–Kier alpha value is -0.890. The molecule has 1 saturated heterocycles. The Bertz CT molecular complexity index is 342. The van der Waals surface area contributed by atoms with Crippen LogP contribution in [0.25, 0.3) is 0 Å². The summed E-state index contributed by atoms with van der Waals surface area (Å²) in [5.74, 6) is 0.101. The average Bonchev–Trinajstić information content (AvgIpc) is 2.24. The van der Waals surface area contributed by atoms with Gasteiger partial charge in [-0.25, -0.2) is 4.39 Å². The number of hydrogen-bond donors (Lipinski definition) is 1. The summed E-state index contributed by atoms with van der Waals surface area (Å²) in [4.78, 5) is 0. The molecule has 1 aromatic carbocycles. The normalized spacial score (nSPS) is 30.3. The van der Waals surface area contributed by atoms with Crippen molar-refractivity contribution in [2.75, 3.05) is 13.1 Å². The van der Waals surface area contributed by atoms with Crippen LogP contribution in [-0.4, -0.2) is 18.8 Å². The Balaban J connectivity index is 2.05. The van der Waals surface area contributed by atoms with Crippen molar-refractivity contribution < 1.29 is 4.39 Å². The molecule has 1 heterocycles. The summed E-state index contributed by atoms with van der Waals surface area (Å²) in [5, 5.41) is 3.28. The molecule has 0 aliphatic carbocycles. The quantitative estimate of drug-likeness (QED) is 0.809. The van der Waals surface area contributed by atoms with E-state index >= 15 is 0 Å². The first-order chi connectivity index (χ1) is 7.58. The molecule has 1 nitrogen and oxygen atoms in total. The van der Waals surface area contributed by atoms with Crippen molar-refractivity contribution in [3.05, 3.63) is 35.4 Å². The Morgan fingerprint density at radius 1 is 1.38 bits per heavy atom. The number of rotatable bonds is 2. The van der Waals surface area contributed by atoms with Gasteiger partial charge < -0.3 is 5.32 Å². The molecule has 2 unspecified atom stereocenters. The van der Waals surface area contributed by atoms with Crippen molar-refractivity contribution in [3.8, 4) is 0 Å². The van der Waals surface area contributed by atoms with E-state index < -0.39 is 5.67 Å². The molecular weight excluding hydrogens is 201 g/mol. The Morgan fingerprint density at radius 3 is 2.69 bits per heavy atom. The lowest BCUT2D eigenvalue weighted by molar-refractivity contribution is 0.0676. The number of aryl methyl sites for hydroxylation is 1. The summed E-state index contributed by atoms with van der Waals surface area (Å²) in [5.41, 5.74) is 1.48. The van der Waals surface area contributed by atoms with E-state index in [0.717, 1.165) is 19.5 Å². The van der Waals surface area contributed by atoms with Crippen LogP contribution in [0, 0.1) is 12.8 Å². The monoisotopic (exact) mass is 221 g/mol. The van der Waals surface area contributed by atoms with Crippen LogP contribution in [0.2, 0.25) is 0 Å². The summed E-state index contributed by atoms with van der Waals surface area (Å²) in [7, 11) is 0. The highest BCUT2D eigenvalue weighted by Gasteiger charge is 2.36. The highest BCUT2D eigenvalue weighted by Crippen LogP contribution is 2.30. The predicted octanol–water partition coefficient (Wildman–Crippen LogP) is 2.88. The standard InChI is InChI=1S/C14H20FN/c1-11-3-5-12(6-4-11)9-13-10-16-8-7-14(13,2)15/h3-6,13,16H,7-10H2,1-2H3. The number of piperidine rings is 1. The van der Waals surface area contributed by atoms with Gasteiger partial charge in [-0.05, 0) is 38.8 Å². The van der Waals surface area contributed by atoms with Crippen LogP contribution in [0.3, 0.4) is 0 Å². The van der Waals surface area contributed by atoms with Crippen LogP contribution < -0.4 is 5.32 Å². The first-order valence-corrected chi connectivity index (χ1v) is 6.03. The van der Waals surface area contributed by atoms with Gasteiger partial charge in [-0.15, -0.1) is 0 Å². The number of nitrogens with one attached hydrogen (secondary N) is 1. The molecule has 0 amide bonds. The zero-order chi connectivity index (χ0) is 11.6. The minimum Gasteiger partial charge on any atom is -0.316 e. The van der Waals surface area contributed by atoms with Gasteiger partial charge >= 0.3 is 0 Å². The average molecular weight is 221 g/mol. The lowest BCUT2D eigenvalue weighted by Crippen LogP contribution is -2.46. The number of alkyl halides is 1. The van der Waals surface area contributed by atoms with Gasteiger partial charge in [-0.3, -0.25) is 0 Å². The van der Waals surface area contributed by atoms with Crippen LogP contribution in [0.4, 0.5) is 4.39 Å². The molecule has 1 aliphatic rings. The van der Waals surface area contributed by atoms with E-state index in [-0.39, 0.29) is 5.92 Å². The third-order valence-electron chi connectivity index (χ3n) is 3.64. The van der Waals surface area contributed by atoms with Crippen LogP contribution in [0.5, 0.6) is 0 Å². The molecule has 1 fully saturated rings. The van der Waals surface area contributed by atoms with Gasteiger partial charge in [0.15, 0.2) is 0 Å². The van der Waals surface area contributed by atoms with E-state index in [1.54, 1.807) is 6.92 Å². The highest BCUT2D eigenvalue weighted by atomic mass is 19.1. The van der Waals surface area contributed by atoms with Gasteiger partial charge in [0.1, 0.15) is 5.67 Å². The molecule has 1 N–H and O–H groups in total. The lowest BCUT2D eigenvalue weighted by atomic mass is 9.81. The molecule has 2 atom stereocenters. The fraction of sp³-hybridized carbons (Fsp3) is 0.571. The fourth-order valence-electron chi connectivity index (χ4n) is 2.32. The largest absolute Gasteiger partial charge is 0.316 e. The van der Waals surface area contributed by atoms with Crippen molar-refractivity contribution in [2.45, 2.75) is 32.4 Å². The zero-order valence-electron chi connectivity index (χ0n) is 10.1. The first kappa shape index (κ1) is 11.6. The molecule has 2 heteroatoms. The lowest BCUT2D eigenvalue weighted by Gasteiger charge is -2.35. The number of hydrogen-bond acceptors (Lipinski definition) is 1. The molecule has 0 spiro atoms. The molecule has 16 heavy (non-hydrogen) atoms. The maximum absolute atomic E-state index is 14.3. The molecule has 88 valence electrons. The fourth-order valence-corrected chi connectivity index (χ4v) is 2.32. The highest BCUT2D eigenvalue weighted by molar-refractivity contribution is 5.22. The van der Waals surface area contributed by atoms with Crippen molar-refractivity contribution >= 4 is 0 Å². The van der Waals surface area contributed by atoms with E-state index in [9.17, 15) is 4.39 Å². The maximum Gasteiger partial charge on any atom is 0.113 e. The third-order valence-corrected chi connectivity index (χ3v) is 3.64. The summed E-state index contributed by atoms with van der Waals surface area (Å²) >= 11 is 0. The van der Waals surface area contributed by atoms with Gasteiger partial charge in [0.25, 0.3) is 0 Å². The molecule has 0 aromatic heterocycles. The van der Waals surface area contributed by atoms with Gasteiger partial charge in [-0.1, -0.05) is 29.8 Å². The SMILES string of the molecule is Cc1ccc(CC2CNCCC2(C)F)cc1. The predicted molar refractivity (Wildman–Crippen MR) is 65.4 cm³/mol. The molecular formula is C14H20FN. The third kappa shape index (κ3) is 2.62. The Morgan fingerprint density at radius 2 is 2.06 bits per heavy atom. The minimum atomic E-state index is -1.02. The van der Waals surface area contributed by atoms with Gasteiger partial charge in [-0.2, -0.15) is 0 Å². The van der Waals surface area contributed by atoms with E-state index in [1.807, 2.05) is 0 Å². The van der Waals surface area contributed by atoms with E-state index in [2.05, 4.69) is 36.5 Å². The summed E-state index contributed by atoms with van der Waals surface area (Å²) < 4.78 is 14.3. The Kier molecular flexibility index (Phi) is 3.29. The van der Waals surface area contributed by atoms with E-state index in [1.165, 1.54) is 11.1 Å².